The predicted octanol–water partition coefficient (Wildman–Crippen LogP) is 2.86. The first-order chi connectivity index (χ1) is 10.9. The Morgan fingerprint density at radius 3 is 2.91 bits per heavy atom. The summed E-state index contributed by atoms with van der Waals surface area (Å²) in [4.78, 5) is 13.8. The number of nitrogens with one attached hydrogen (secondary N) is 1. The molecule has 0 atom stereocenters. The lowest BCUT2D eigenvalue weighted by molar-refractivity contribution is 0.953. The van der Waals surface area contributed by atoms with Gasteiger partial charge in [0.25, 0.3) is 0 Å². The van der Waals surface area contributed by atoms with Crippen LogP contribution in [0.25, 0.3) is 16.2 Å². The van der Waals surface area contributed by atoms with Crippen molar-refractivity contribution < 1.29 is 0 Å². The molecule has 22 heavy (non-hydrogen) atoms. The number of hydrogen-bond acceptors (Lipinski definition) is 6. The van der Waals surface area contributed by atoms with E-state index in [-0.39, 0.29) is 0 Å². The van der Waals surface area contributed by atoms with Crippen molar-refractivity contribution in [1.29, 1.82) is 0 Å². The Morgan fingerprint density at radius 1 is 1.14 bits per heavy atom. The molecule has 7 heteroatoms. The monoisotopic (exact) mass is 308 g/mol. The van der Waals surface area contributed by atoms with E-state index in [1.54, 1.807) is 23.1 Å². The van der Waals surface area contributed by atoms with Gasteiger partial charge in [0.05, 0.1) is 24.1 Å². The number of hydrogen-bond donors (Lipinski definition) is 1. The third kappa shape index (κ3) is 2.53. The molecule has 6 nitrogen and oxygen atoms in total. The molecule has 0 aliphatic carbocycles. The standard InChI is InChI=1S/C15H12N6S/c1-2-7-17-12(5-1)9-18-14-20-21-10-13(19-15(21)22-14)11-4-3-6-16-8-11/h1-8,10H,9H2,(H,18,20). The molecule has 0 saturated heterocycles. The molecular weight excluding hydrogens is 296 g/mol. The fourth-order valence-electron chi connectivity index (χ4n) is 2.09. The average molecular weight is 308 g/mol. The quantitative estimate of drug-likeness (QED) is 0.628. The van der Waals surface area contributed by atoms with Gasteiger partial charge in [-0.2, -0.15) is 0 Å². The smallest absolute Gasteiger partial charge is 0.214 e. The van der Waals surface area contributed by atoms with E-state index in [2.05, 4.69) is 25.4 Å². The fourth-order valence-corrected chi connectivity index (χ4v) is 2.87. The first-order valence-electron chi connectivity index (χ1n) is 6.79. The Labute approximate surface area is 130 Å². The molecule has 0 aliphatic rings. The molecule has 0 amide bonds. The van der Waals surface area contributed by atoms with Gasteiger partial charge in [0.2, 0.25) is 10.1 Å². The van der Waals surface area contributed by atoms with E-state index in [0.717, 1.165) is 27.0 Å². The van der Waals surface area contributed by atoms with Crippen molar-refractivity contribution >= 4 is 21.4 Å². The highest BCUT2D eigenvalue weighted by Crippen LogP contribution is 2.24. The summed E-state index contributed by atoms with van der Waals surface area (Å²) in [6, 6.07) is 9.74. The van der Waals surface area contributed by atoms with Gasteiger partial charge in [-0.05, 0) is 24.3 Å². The van der Waals surface area contributed by atoms with Crippen molar-refractivity contribution in [1.82, 2.24) is 24.6 Å². The Bertz CT molecular complexity index is 853. The van der Waals surface area contributed by atoms with Crippen LogP contribution in [0.15, 0.2) is 55.1 Å². The highest BCUT2D eigenvalue weighted by atomic mass is 32.1. The minimum absolute atomic E-state index is 0.646. The van der Waals surface area contributed by atoms with Crippen molar-refractivity contribution in [3.8, 4) is 11.3 Å². The molecule has 108 valence electrons. The summed E-state index contributed by atoms with van der Waals surface area (Å²) in [6.07, 6.45) is 7.24. The highest BCUT2D eigenvalue weighted by molar-refractivity contribution is 7.20. The molecule has 0 bridgehead atoms. The molecule has 1 N–H and O–H groups in total. The zero-order valence-electron chi connectivity index (χ0n) is 11.5. The summed E-state index contributed by atoms with van der Waals surface area (Å²) in [6.45, 7) is 0.646. The van der Waals surface area contributed by atoms with E-state index in [1.807, 2.05) is 36.5 Å². The molecule has 0 aliphatic heterocycles. The second kappa shape index (κ2) is 5.53. The minimum Gasteiger partial charge on any atom is -0.354 e. The van der Waals surface area contributed by atoms with Crippen LogP contribution < -0.4 is 5.32 Å². The van der Waals surface area contributed by atoms with Crippen LogP contribution in [-0.2, 0) is 6.54 Å². The summed E-state index contributed by atoms with van der Waals surface area (Å²) in [5, 5.41) is 8.58. The van der Waals surface area contributed by atoms with Crippen molar-refractivity contribution in [2.75, 3.05) is 5.32 Å². The van der Waals surface area contributed by atoms with Crippen LogP contribution in [-0.4, -0.2) is 24.6 Å². The molecule has 4 aromatic rings. The maximum atomic E-state index is 4.58. The van der Waals surface area contributed by atoms with Gasteiger partial charge in [-0.15, -0.1) is 5.10 Å². The lowest BCUT2D eigenvalue weighted by atomic mass is 10.2. The summed E-state index contributed by atoms with van der Waals surface area (Å²) in [5.41, 5.74) is 2.85. The lowest BCUT2D eigenvalue weighted by Gasteiger charge is -2.00. The molecule has 0 aromatic carbocycles. The first-order valence-corrected chi connectivity index (χ1v) is 7.60. The van der Waals surface area contributed by atoms with Crippen molar-refractivity contribution in [3.63, 3.8) is 0 Å². The van der Waals surface area contributed by atoms with Gasteiger partial charge in [0.15, 0.2) is 0 Å². The van der Waals surface area contributed by atoms with Crippen molar-refractivity contribution in [2.45, 2.75) is 6.54 Å². The number of imidazole rings is 1. The molecule has 0 radical (unpaired) electrons. The largest absolute Gasteiger partial charge is 0.354 e. The number of anilines is 1. The first kappa shape index (κ1) is 12.9. The number of rotatable bonds is 4. The average Bonchev–Trinajstić information content (AvgIpc) is 3.13. The molecule has 0 unspecified atom stereocenters. The maximum absolute atomic E-state index is 4.58. The van der Waals surface area contributed by atoms with E-state index in [4.69, 9.17) is 0 Å². The summed E-state index contributed by atoms with van der Waals surface area (Å²) in [5.74, 6) is 0. The van der Waals surface area contributed by atoms with E-state index in [0.29, 0.717) is 6.54 Å². The third-order valence-electron chi connectivity index (χ3n) is 3.15. The Morgan fingerprint density at radius 2 is 2.14 bits per heavy atom. The summed E-state index contributed by atoms with van der Waals surface area (Å²) >= 11 is 1.51. The number of pyridine rings is 2. The van der Waals surface area contributed by atoms with Crippen molar-refractivity contribution in [3.05, 3.63) is 60.8 Å². The third-order valence-corrected chi connectivity index (χ3v) is 4.03. The summed E-state index contributed by atoms with van der Waals surface area (Å²) in [7, 11) is 0. The van der Waals surface area contributed by atoms with Crippen LogP contribution in [0.3, 0.4) is 0 Å². The fraction of sp³-hybridized carbons (Fsp3) is 0.0667. The van der Waals surface area contributed by atoms with Crippen molar-refractivity contribution in [2.24, 2.45) is 0 Å². The van der Waals surface area contributed by atoms with Gasteiger partial charge < -0.3 is 5.32 Å². The lowest BCUT2D eigenvalue weighted by Crippen LogP contribution is -2.01. The number of nitrogens with zero attached hydrogens (tertiary/aromatic N) is 5. The van der Waals surface area contributed by atoms with Crippen LogP contribution in [0.2, 0.25) is 0 Å². The van der Waals surface area contributed by atoms with Crippen LogP contribution in [0.5, 0.6) is 0 Å². The molecular formula is C15H12N6S. The SMILES string of the molecule is c1ccc(CNc2nn3cc(-c4cccnc4)nc3s2)nc1. The molecule has 4 heterocycles. The zero-order valence-corrected chi connectivity index (χ0v) is 12.4. The van der Waals surface area contributed by atoms with Gasteiger partial charge in [-0.3, -0.25) is 9.97 Å². The van der Waals surface area contributed by atoms with Crippen LogP contribution in [0.1, 0.15) is 5.69 Å². The number of aromatic nitrogens is 5. The van der Waals surface area contributed by atoms with Crippen LogP contribution >= 0.6 is 11.3 Å². The van der Waals surface area contributed by atoms with Crippen LogP contribution in [0.4, 0.5) is 5.13 Å². The second-order valence-corrected chi connectivity index (χ2v) is 5.63. The van der Waals surface area contributed by atoms with Gasteiger partial charge in [-0.25, -0.2) is 9.50 Å². The van der Waals surface area contributed by atoms with E-state index < -0.39 is 0 Å². The predicted molar refractivity (Wildman–Crippen MR) is 85.7 cm³/mol. The number of fused-ring (bicyclic) bond motifs is 1. The topological polar surface area (TPSA) is 68.0 Å². The minimum atomic E-state index is 0.646. The van der Waals surface area contributed by atoms with Gasteiger partial charge >= 0.3 is 0 Å². The molecule has 0 fully saturated rings. The van der Waals surface area contributed by atoms with Gasteiger partial charge in [-0.1, -0.05) is 17.4 Å². The van der Waals surface area contributed by atoms with E-state index in [1.165, 1.54) is 11.3 Å². The zero-order chi connectivity index (χ0) is 14.8. The van der Waals surface area contributed by atoms with Gasteiger partial charge in [0, 0.05) is 24.2 Å². The van der Waals surface area contributed by atoms with E-state index >= 15 is 0 Å². The van der Waals surface area contributed by atoms with Crippen LogP contribution in [0, 0.1) is 0 Å². The molecule has 4 rings (SSSR count). The Hall–Kier alpha value is -2.80. The Balaban J connectivity index is 1.54. The summed E-state index contributed by atoms with van der Waals surface area (Å²) < 4.78 is 1.79. The maximum Gasteiger partial charge on any atom is 0.214 e. The molecule has 4 aromatic heterocycles. The van der Waals surface area contributed by atoms with E-state index in [9.17, 15) is 0 Å². The van der Waals surface area contributed by atoms with Gasteiger partial charge in [0.1, 0.15) is 0 Å². The highest BCUT2D eigenvalue weighted by Gasteiger charge is 2.09. The normalized spacial score (nSPS) is 10.9. The second-order valence-electron chi connectivity index (χ2n) is 4.68. The molecule has 0 saturated carbocycles. The molecule has 0 spiro atoms. The Kier molecular flexibility index (Phi) is 3.24.